The van der Waals surface area contributed by atoms with Crippen LogP contribution in [-0.2, 0) is 0 Å². The van der Waals surface area contributed by atoms with Crippen molar-refractivity contribution < 1.29 is 0 Å². The molecule has 18 heavy (non-hydrogen) atoms. The number of nitrogens with one attached hydrogen (secondary N) is 1. The monoisotopic (exact) mass is 301 g/mol. The van der Waals surface area contributed by atoms with Gasteiger partial charge in [-0.2, -0.15) is 0 Å². The van der Waals surface area contributed by atoms with Gasteiger partial charge in [-0.25, -0.2) is 0 Å². The van der Waals surface area contributed by atoms with E-state index in [1.807, 2.05) is 18.2 Å². The van der Waals surface area contributed by atoms with Crippen molar-refractivity contribution in [3.8, 4) is 0 Å². The zero-order valence-electron chi connectivity index (χ0n) is 10.4. The molecule has 0 bridgehead atoms. The molecule has 0 radical (unpaired) electrons. The molecule has 0 aliphatic heterocycles. The number of benzene rings is 2. The molecule has 0 aliphatic carbocycles. The van der Waals surface area contributed by atoms with E-state index in [0.717, 1.165) is 22.3 Å². The summed E-state index contributed by atoms with van der Waals surface area (Å²) in [6, 6.07) is 16.5. The third-order valence-corrected chi connectivity index (χ3v) is 3.74. The van der Waals surface area contributed by atoms with E-state index in [9.17, 15) is 0 Å². The molecular formula is C16H16BrN. The summed E-state index contributed by atoms with van der Waals surface area (Å²) in [5.41, 5.74) is 4.62. The smallest absolute Gasteiger partial charge is 0.0400 e. The molecule has 2 aromatic rings. The van der Waals surface area contributed by atoms with Gasteiger partial charge in [-0.05, 0) is 41.8 Å². The largest absolute Gasteiger partial charge is 0.381 e. The van der Waals surface area contributed by atoms with Gasteiger partial charge < -0.3 is 5.32 Å². The van der Waals surface area contributed by atoms with Gasteiger partial charge in [0.2, 0.25) is 0 Å². The first-order valence-corrected chi connectivity index (χ1v) is 6.69. The molecule has 0 saturated carbocycles. The third-order valence-electron chi connectivity index (χ3n) is 2.85. The lowest BCUT2D eigenvalue weighted by atomic mass is 10.1. The summed E-state index contributed by atoms with van der Waals surface area (Å²) >= 11 is 3.50. The van der Waals surface area contributed by atoms with E-state index in [0.29, 0.717) is 0 Å². The molecule has 0 atom stereocenters. The summed E-state index contributed by atoms with van der Waals surface area (Å²) in [6.07, 6.45) is 0. The highest BCUT2D eigenvalue weighted by Crippen LogP contribution is 2.21. The molecule has 0 fully saturated rings. The second-order valence-electron chi connectivity index (χ2n) is 4.29. The number of hydrogen-bond donors (Lipinski definition) is 1. The molecule has 2 aromatic carbocycles. The summed E-state index contributed by atoms with van der Waals surface area (Å²) in [6.45, 7) is 6.95. The molecular weight excluding hydrogens is 286 g/mol. The molecule has 92 valence electrons. The van der Waals surface area contributed by atoms with E-state index in [2.05, 4.69) is 65.1 Å². The van der Waals surface area contributed by atoms with Crippen molar-refractivity contribution in [3.05, 3.63) is 70.7 Å². The van der Waals surface area contributed by atoms with Crippen LogP contribution in [-0.4, -0.2) is 6.54 Å². The number of anilines is 1. The van der Waals surface area contributed by atoms with Crippen LogP contribution in [0.1, 0.15) is 11.1 Å². The Balaban J connectivity index is 1.99. The Morgan fingerprint density at radius 1 is 1.17 bits per heavy atom. The fraction of sp³-hybridized carbons (Fsp3) is 0.125. The van der Waals surface area contributed by atoms with Crippen molar-refractivity contribution in [2.75, 3.05) is 11.9 Å². The second kappa shape index (κ2) is 5.87. The van der Waals surface area contributed by atoms with E-state index >= 15 is 0 Å². The van der Waals surface area contributed by atoms with Gasteiger partial charge in [-0.15, -0.1) is 0 Å². The van der Waals surface area contributed by atoms with Crippen molar-refractivity contribution >= 4 is 27.2 Å². The second-order valence-corrected chi connectivity index (χ2v) is 5.14. The molecule has 2 rings (SSSR count). The molecule has 0 saturated heterocycles. The van der Waals surface area contributed by atoms with E-state index in [-0.39, 0.29) is 0 Å². The van der Waals surface area contributed by atoms with E-state index in [1.165, 1.54) is 11.1 Å². The van der Waals surface area contributed by atoms with Gasteiger partial charge in [0.15, 0.2) is 0 Å². The summed E-state index contributed by atoms with van der Waals surface area (Å²) in [7, 11) is 0. The molecule has 0 aromatic heterocycles. The van der Waals surface area contributed by atoms with Crippen molar-refractivity contribution in [1.29, 1.82) is 0 Å². The number of halogens is 1. The average Bonchev–Trinajstić information content (AvgIpc) is 2.41. The molecule has 1 N–H and O–H groups in total. The Bertz CT molecular complexity index is 546. The van der Waals surface area contributed by atoms with Crippen LogP contribution in [0.2, 0.25) is 0 Å². The number of rotatable bonds is 4. The lowest BCUT2D eigenvalue weighted by molar-refractivity contribution is 1.32. The Kier molecular flexibility index (Phi) is 4.21. The van der Waals surface area contributed by atoms with Gasteiger partial charge in [0.25, 0.3) is 0 Å². The van der Waals surface area contributed by atoms with Crippen LogP contribution in [0.5, 0.6) is 0 Å². The normalized spacial score (nSPS) is 10.1. The Morgan fingerprint density at radius 3 is 2.56 bits per heavy atom. The highest BCUT2D eigenvalue weighted by atomic mass is 79.9. The Labute approximate surface area is 117 Å². The van der Waals surface area contributed by atoms with Gasteiger partial charge in [0, 0.05) is 16.7 Å². The van der Waals surface area contributed by atoms with Crippen LogP contribution in [0.3, 0.4) is 0 Å². The quantitative estimate of drug-likeness (QED) is 0.848. The Morgan fingerprint density at radius 2 is 1.89 bits per heavy atom. The van der Waals surface area contributed by atoms with Gasteiger partial charge >= 0.3 is 0 Å². The van der Waals surface area contributed by atoms with E-state index < -0.39 is 0 Å². The highest BCUT2D eigenvalue weighted by molar-refractivity contribution is 9.10. The summed E-state index contributed by atoms with van der Waals surface area (Å²) < 4.78 is 1.13. The summed E-state index contributed by atoms with van der Waals surface area (Å²) in [5.74, 6) is 0. The van der Waals surface area contributed by atoms with E-state index in [4.69, 9.17) is 0 Å². The maximum absolute atomic E-state index is 4.11. The SMILES string of the molecule is C=C(CNc1ccc(Br)c(C)c1)c1ccccc1. The zero-order valence-corrected chi connectivity index (χ0v) is 12.0. The molecule has 0 heterocycles. The fourth-order valence-electron chi connectivity index (χ4n) is 1.74. The summed E-state index contributed by atoms with van der Waals surface area (Å²) in [4.78, 5) is 0. The minimum absolute atomic E-state index is 0.755. The van der Waals surface area contributed by atoms with Crippen molar-refractivity contribution in [2.24, 2.45) is 0 Å². The van der Waals surface area contributed by atoms with Crippen molar-refractivity contribution in [3.63, 3.8) is 0 Å². The van der Waals surface area contributed by atoms with Crippen molar-refractivity contribution in [1.82, 2.24) is 0 Å². The van der Waals surface area contributed by atoms with Crippen LogP contribution >= 0.6 is 15.9 Å². The molecule has 0 spiro atoms. The first-order chi connectivity index (χ1) is 8.66. The maximum atomic E-state index is 4.11. The van der Waals surface area contributed by atoms with E-state index in [1.54, 1.807) is 0 Å². The van der Waals surface area contributed by atoms with Gasteiger partial charge in [0.1, 0.15) is 0 Å². The summed E-state index contributed by atoms with van der Waals surface area (Å²) in [5, 5.41) is 3.39. The number of hydrogen-bond acceptors (Lipinski definition) is 1. The minimum Gasteiger partial charge on any atom is -0.381 e. The molecule has 0 aliphatic rings. The van der Waals surface area contributed by atoms with Crippen LogP contribution in [0.4, 0.5) is 5.69 Å². The van der Waals surface area contributed by atoms with Gasteiger partial charge in [0.05, 0.1) is 0 Å². The molecule has 2 heteroatoms. The molecule has 0 amide bonds. The number of aryl methyl sites for hydroxylation is 1. The van der Waals surface area contributed by atoms with Gasteiger partial charge in [-0.1, -0.05) is 52.8 Å². The van der Waals surface area contributed by atoms with Crippen molar-refractivity contribution in [2.45, 2.75) is 6.92 Å². The maximum Gasteiger partial charge on any atom is 0.0400 e. The molecule has 0 unspecified atom stereocenters. The predicted molar refractivity (Wildman–Crippen MR) is 82.8 cm³/mol. The third kappa shape index (κ3) is 3.23. The fourth-order valence-corrected chi connectivity index (χ4v) is 1.99. The minimum atomic E-state index is 0.755. The lowest BCUT2D eigenvalue weighted by Crippen LogP contribution is -2.03. The van der Waals surface area contributed by atoms with Crippen LogP contribution in [0.15, 0.2) is 59.6 Å². The van der Waals surface area contributed by atoms with Crippen LogP contribution in [0.25, 0.3) is 5.57 Å². The zero-order chi connectivity index (χ0) is 13.0. The van der Waals surface area contributed by atoms with Gasteiger partial charge in [-0.3, -0.25) is 0 Å². The molecule has 1 nitrogen and oxygen atoms in total. The van der Waals surface area contributed by atoms with Crippen LogP contribution in [0, 0.1) is 6.92 Å². The Hall–Kier alpha value is -1.54. The highest BCUT2D eigenvalue weighted by Gasteiger charge is 2.00. The van der Waals surface area contributed by atoms with Crippen LogP contribution < -0.4 is 5.32 Å². The average molecular weight is 302 g/mol. The standard InChI is InChI=1S/C16H16BrN/c1-12-10-15(8-9-16(12)17)18-11-13(2)14-6-4-3-5-7-14/h3-10,18H,2,11H2,1H3. The lowest BCUT2D eigenvalue weighted by Gasteiger charge is -2.10. The predicted octanol–water partition coefficient (Wildman–Crippen LogP) is 4.88. The first-order valence-electron chi connectivity index (χ1n) is 5.90. The first kappa shape index (κ1) is 12.9. The topological polar surface area (TPSA) is 12.0 Å².